The molecule has 4 aliphatic carbocycles. The summed E-state index contributed by atoms with van der Waals surface area (Å²) in [7, 11) is -3.39. The highest BCUT2D eigenvalue weighted by atomic mass is 32.2. The van der Waals surface area contributed by atoms with Gasteiger partial charge in [0.15, 0.2) is 9.84 Å². The molecule has 5 aliphatic rings. The summed E-state index contributed by atoms with van der Waals surface area (Å²) in [5.74, 6) is 2.37. The molecule has 0 unspecified atom stereocenters. The van der Waals surface area contributed by atoms with Crippen molar-refractivity contribution < 1.29 is 17.6 Å². The number of carbonyl (C=O) groups is 1. The molecular formula is C24H33FN2O3S. The van der Waals surface area contributed by atoms with Crippen LogP contribution in [0.15, 0.2) is 29.2 Å². The smallest absolute Gasteiger partial charge is 0.228 e. The van der Waals surface area contributed by atoms with Gasteiger partial charge in [-0.15, -0.1) is 0 Å². The van der Waals surface area contributed by atoms with E-state index in [0.717, 1.165) is 63.2 Å². The molecule has 31 heavy (non-hydrogen) atoms. The molecule has 1 saturated heterocycles. The molecule has 7 heteroatoms. The summed E-state index contributed by atoms with van der Waals surface area (Å²) in [6.45, 7) is 3.85. The fraction of sp³-hybridized carbons (Fsp3) is 0.708. The van der Waals surface area contributed by atoms with E-state index in [-0.39, 0.29) is 16.1 Å². The molecule has 0 N–H and O–H groups in total. The SMILES string of the molecule is O=C(N1CCN(CCCS(=O)(=O)c2ccc(F)cc2)CC1)C12CC3CC(CC(C3)C1)C2. The maximum absolute atomic E-state index is 13.5. The Bertz CT molecular complexity index is 887. The van der Waals surface area contributed by atoms with E-state index >= 15 is 0 Å². The van der Waals surface area contributed by atoms with Crippen molar-refractivity contribution in [3.63, 3.8) is 0 Å². The van der Waals surface area contributed by atoms with E-state index in [0.29, 0.717) is 18.9 Å². The van der Waals surface area contributed by atoms with Crippen molar-refractivity contribution in [3.05, 3.63) is 30.1 Å². The number of hydrogen-bond acceptors (Lipinski definition) is 4. The van der Waals surface area contributed by atoms with Gasteiger partial charge in [-0.3, -0.25) is 9.69 Å². The Morgan fingerprint density at radius 1 is 0.935 bits per heavy atom. The molecule has 6 rings (SSSR count). The molecule has 0 aromatic heterocycles. The van der Waals surface area contributed by atoms with Crippen LogP contribution in [-0.2, 0) is 14.6 Å². The first kappa shape index (κ1) is 21.4. The molecular weight excluding hydrogens is 415 g/mol. The van der Waals surface area contributed by atoms with Crippen LogP contribution in [0.2, 0.25) is 0 Å². The summed E-state index contributed by atoms with van der Waals surface area (Å²) in [6.07, 6.45) is 7.92. The van der Waals surface area contributed by atoms with Crippen molar-refractivity contribution in [2.75, 3.05) is 38.5 Å². The van der Waals surface area contributed by atoms with Gasteiger partial charge in [0.2, 0.25) is 5.91 Å². The second-order valence-electron chi connectivity index (χ2n) is 10.5. The van der Waals surface area contributed by atoms with E-state index in [4.69, 9.17) is 0 Å². The van der Waals surface area contributed by atoms with Crippen molar-refractivity contribution in [2.45, 2.75) is 49.8 Å². The zero-order valence-corrected chi connectivity index (χ0v) is 19.0. The third-order valence-corrected chi connectivity index (χ3v) is 10.0. The van der Waals surface area contributed by atoms with E-state index in [1.807, 2.05) is 0 Å². The number of halogens is 1. The first-order chi connectivity index (χ1) is 14.8. The molecule has 1 heterocycles. The summed E-state index contributed by atoms with van der Waals surface area (Å²) < 4.78 is 37.9. The van der Waals surface area contributed by atoms with Gasteiger partial charge in [-0.05, 0) is 93.5 Å². The lowest BCUT2D eigenvalue weighted by molar-refractivity contribution is -0.159. The Labute approximate surface area is 184 Å². The number of carbonyl (C=O) groups excluding carboxylic acids is 1. The minimum absolute atomic E-state index is 0.0606. The van der Waals surface area contributed by atoms with Crippen LogP contribution < -0.4 is 0 Å². The third kappa shape index (κ3) is 4.28. The van der Waals surface area contributed by atoms with Crippen LogP contribution in [0, 0.1) is 29.0 Å². The molecule has 1 aromatic carbocycles. The second-order valence-corrected chi connectivity index (χ2v) is 12.6. The molecule has 1 aliphatic heterocycles. The molecule has 5 fully saturated rings. The van der Waals surface area contributed by atoms with Crippen LogP contribution in [0.25, 0.3) is 0 Å². The van der Waals surface area contributed by atoms with Gasteiger partial charge in [0, 0.05) is 26.2 Å². The minimum Gasteiger partial charge on any atom is -0.340 e. The molecule has 1 aromatic rings. The largest absolute Gasteiger partial charge is 0.340 e. The highest BCUT2D eigenvalue weighted by Crippen LogP contribution is 2.60. The van der Waals surface area contributed by atoms with Crippen LogP contribution in [0.1, 0.15) is 44.9 Å². The van der Waals surface area contributed by atoms with Crippen molar-refractivity contribution >= 4 is 15.7 Å². The quantitative estimate of drug-likeness (QED) is 0.627. The standard InChI is InChI=1S/C24H33FN2O3S/c25-21-2-4-22(5-3-21)31(29,30)11-1-6-26-7-9-27(10-8-26)23(28)24-15-18-12-19(16-24)14-20(13-18)17-24/h2-5,18-20H,1,6-17H2. The van der Waals surface area contributed by atoms with Crippen molar-refractivity contribution in [3.8, 4) is 0 Å². The van der Waals surface area contributed by atoms with E-state index in [9.17, 15) is 17.6 Å². The summed E-state index contributed by atoms with van der Waals surface area (Å²) >= 11 is 0. The van der Waals surface area contributed by atoms with Crippen LogP contribution in [0.5, 0.6) is 0 Å². The number of hydrogen-bond donors (Lipinski definition) is 0. The number of piperazine rings is 1. The molecule has 0 radical (unpaired) electrons. The highest BCUT2D eigenvalue weighted by molar-refractivity contribution is 7.91. The highest BCUT2D eigenvalue weighted by Gasteiger charge is 2.55. The normalized spacial score (nSPS) is 33.1. The fourth-order valence-corrected chi connectivity index (χ4v) is 8.42. The zero-order chi connectivity index (χ0) is 21.6. The Morgan fingerprint density at radius 2 is 1.48 bits per heavy atom. The number of rotatable bonds is 6. The predicted molar refractivity (Wildman–Crippen MR) is 117 cm³/mol. The van der Waals surface area contributed by atoms with E-state index in [2.05, 4.69) is 9.80 Å². The molecule has 170 valence electrons. The van der Waals surface area contributed by atoms with Gasteiger partial charge in [-0.1, -0.05) is 0 Å². The second kappa shape index (κ2) is 8.14. The molecule has 4 bridgehead atoms. The molecule has 0 atom stereocenters. The minimum atomic E-state index is -3.39. The van der Waals surface area contributed by atoms with Gasteiger partial charge in [0.05, 0.1) is 16.1 Å². The lowest BCUT2D eigenvalue weighted by atomic mass is 9.49. The van der Waals surface area contributed by atoms with Crippen molar-refractivity contribution in [1.29, 1.82) is 0 Å². The maximum atomic E-state index is 13.5. The lowest BCUT2D eigenvalue weighted by Crippen LogP contribution is -2.58. The molecule has 0 spiro atoms. The average Bonchev–Trinajstić information content (AvgIpc) is 2.73. The molecule has 1 amide bonds. The summed E-state index contributed by atoms with van der Waals surface area (Å²) in [6, 6.07) is 5.04. The van der Waals surface area contributed by atoms with Crippen molar-refractivity contribution in [2.24, 2.45) is 23.2 Å². The first-order valence-electron chi connectivity index (χ1n) is 11.8. The number of amides is 1. The maximum Gasteiger partial charge on any atom is 0.228 e. The Hall–Kier alpha value is -1.47. The Kier molecular flexibility index (Phi) is 5.62. The number of sulfone groups is 1. The number of nitrogens with zero attached hydrogens (tertiary/aromatic N) is 2. The van der Waals surface area contributed by atoms with E-state index in [1.54, 1.807) is 0 Å². The summed E-state index contributed by atoms with van der Waals surface area (Å²) in [5.41, 5.74) is -0.0693. The van der Waals surface area contributed by atoms with Gasteiger partial charge in [-0.25, -0.2) is 12.8 Å². The third-order valence-electron chi connectivity index (χ3n) is 8.21. The van der Waals surface area contributed by atoms with Gasteiger partial charge in [0.1, 0.15) is 5.82 Å². The van der Waals surface area contributed by atoms with E-state index in [1.165, 1.54) is 43.5 Å². The Balaban J connectivity index is 1.10. The average molecular weight is 449 g/mol. The summed E-state index contributed by atoms with van der Waals surface area (Å²) in [4.78, 5) is 18.0. The Morgan fingerprint density at radius 3 is 2.03 bits per heavy atom. The van der Waals surface area contributed by atoms with Gasteiger partial charge in [0.25, 0.3) is 0 Å². The van der Waals surface area contributed by atoms with Crippen LogP contribution >= 0.6 is 0 Å². The zero-order valence-electron chi connectivity index (χ0n) is 18.1. The lowest BCUT2D eigenvalue weighted by Gasteiger charge is -2.57. The van der Waals surface area contributed by atoms with Gasteiger partial charge >= 0.3 is 0 Å². The first-order valence-corrected chi connectivity index (χ1v) is 13.5. The predicted octanol–water partition coefficient (Wildman–Crippen LogP) is 3.35. The van der Waals surface area contributed by atoms with Gasteiger partial charge < -0.3 is 4.90 Å². The molecule has 5 nitrogen and oxygen atoms in total. The van der Waals surface area contributed by atoms with E-state index < -0.39 is 15.7 Å². The molecule has 4 saturated carbocycles. The van der Waals surface area contributed by atoms with Crippen LogP contribution in [0.4, 0.5) is 4.39 Å². The van der Waals surface area contributed by atoms with Crippen LogP contribution in [0.3, 0.4) is 0 Å². The van der Waals surface area contributed by atoms with Crippen LogP contribution in [-0.4, -0.2) is 62.6 Å². The van der Waals surface area contributed by atoms with Gasteiger partial charge in [-0.2, -0.15) is 0 Å². The monoisotopic (exact) mass is 448 g/mol. The summed E-state index contributed by atoms with van der Waals surface area (Å²) in [5, 5.41) is 0. The number of benzene rings is 1. The topological polar surface area (TPSA) is 57.7 Å². The fourth-order valence-electron chi connectivity index (χ4n) is 7.12. The van der Waals surface area contributed by atoms with Crippen molar-refractivity contribution in [1.82, 2.24) is 9.80 Å².